The molecule has 0 radical (unpaired) electrons. The number of allylic oxidation sites excluding steroid dienone is 1. The number of hydrogen-bond acceptors (Lipinski definition) is 3. The molecule has 26 heavy (non-hydrogen) atoms. The van der Waals surface area contributed by atoms with Crippen LogP contribution >= 0.6 is 10.3 Å². The average Bonchev–Trinajstić information content (AvgIpc) is 2.59. The zero-order chi connectivity index (χ0) is 19.4. The Labute approximate surface area is 148 Å². The van der Waals surface area contributed by atoms with E-state index >= 15 is 0 Å². The third-order valence-corrected chi connectivity index (χ3v) is 7.71. The molecule has 0 N–H and O–H groups in total. The summed E-state index contributed by atoms with van der Waals surface area (Å²) in [6.07, 6.45) is -2.69. The van der Waals surface area contributed by atoms with E-state index in [1.54, 1.807) is 12.1 Å². The SMILES string of the molecule is O=S(=O)(OS(/C=C/C(F)F)(c1ccccc1)c1ccccc1)C(F)(F)F. The lowest BCUT2D eigenvalue weighted by Gasteiger charge is -2.36. The molecule has 10 heteroatoms. The third kappa shape index (κ3) is 4.43. The zero-order valence-electron chi connectivity index (χ0n) is 12.9. The molecule has 0 aliphatic heterocycles. The standard InChI is InChI=1S/C16H13F5O3S2/c17-15(18)11-12-25(13-7-3-1-4-8-13,14-9-5-2-6-10-14)24-26(22,23)16(19,20)21/h1-12,15H/b12-11+. The Balaban J connectivity index is 2.77. The van der Waals surface area contributed by atoms with Gasteiger partial charge in [-0.15, -0.1) is 0 Å². The second-order valence-corrected chi connectivity index (χ2v) is 9.19. The van der Waals surface area contributed by atoms with Crippen molar-refractivity contribution < 1.29 is 34.0 Å². The maximum absolute atomic E-state index is 12.9. The quantitative estimate of drug-likeness (QED) is 0.467. The lowest BCUT2D eigenvalue weighted by Crippen LogP contribution is -2.27. The van der Waals surface area contributed by atoms with Crippen molar-refractivity contribution in [2.45, 2.75) is 21.7 Å². The van der Waals surface area contributed by atoms with E-state index in [-0.39, 0.29) is 9.79 Å². The van der Waals surface area contributed by atoms with Crippen molar-refractivity contribution in [1.29, 1.82) is 0 Å². The molecule has 0 aliphatic carbocycles. The van der Waals surface area contributed by atoms with E-state index in [2.05, 4.69) is 3.63 Å². The van der Waals surface area contributed by atoms with Gasteiger partial charge in [-0.05, 0) is 46.1 Å². The Morgan fingerprint density at radius 3 is 1.62 bits per heavy atom. The van der Waals surface area contributed by atoms with Crippen LogP contribution in [0.3, 0.4) is 0 Å². The van der Waals surface area contributed by atoms with E-state index in [4.69, 9.17) is 0 Å². The molecule has 0 saturated carbocycles. The Bertz CT molecular complexity index is 811. The van der Waals surface area contributed by atoms with Gasteiger partial charge in [0.1, 0.15) is 0 Å². The van der Waals surface area contributed by atoms with Crippen LogP contribution in [0.1, 0.15) is 0 Å². The summed E-state index contributed by atoms with van der Waals surface area (Å²) in [6, 6.07) is 14.2. The van der Waals surface area contributed by atoms with E-state index in [1.807, 2.05) is 0 Å². The lowest BCUT2D eigenvalue weighted by molar-refractivity contribution is -0.0495. The van der Waals surface area contributed by atoms with Crippen molar-refractivity contribution in [3.8, 4) is 0 Å². The van der Waals surface area contributed by atoms with Crippen LogP contribution in [0, 0.1) is 0 Å². The van der Waals surface area contributed by atoms with Gasteiger partial charge in [0.25, 0.3) is 6.43 Å². The molecule has 0 bridgehead atoms. The van der Waals surface area contributed by atoms with Gasteiger partial charge >= 0.3 is 15.6 Å². The predicted molar refractivity (Wildman–Crippen MR) is 88.2 cm³/mol. The van der Waals surface area contributed by atoms with Gasteiger partial charge in [0.15, 0.2) is 0 Å². The minimum Gasteiger partial charge on any atom is -0.206 e. The molecule has 0 saturated heterocycles. The van der Waals surface area contributed by atoms with Gasteiger partial charge in [-0.2, -0.15) is 21.6 Å². The Morgan fingerprint density at radius 1 is 0.846 bits per heavy atom. The molecule has 0 spiro atoms. The Kier molecular flexibility index (Phi) is 6.09. The highest BCUT2D eigenvalue weighted by atomic mass is 32.3. The van der Waals surface area contributed by atoms with Crippen molar-refractivity contribution in [3.63, 3.8) is 0 Å². The molecule has 0 fully saturated rings. The summed E-state index contributed by atoms with van der Waals surface area (Å²) in [5.74, 6) is 0. The van der Waals surface area contributed by atoms with Crippen LogP contribution in [-0.4, -0.2) is 20.4 Å². The smallest absolute Gasteiger partial charge is 0.206 e. The van der Waals surface area contributed by atoms with Gasteiger partial charge < -0.3 is 0 Å². The first-order valence-corrected chi connectivity index (χ1v) is 10.0. The van der Waals surface area contributed by atoms with Crippen LogP contribution in [-0.2, 0) is 13.7 Å². The molecule has 142 valence electrons. The number of alkyl halides is 5. The Hall–Kier alpha value is -1.91. The van der Waals surface area contributed by atoms with Crippen molar-refractivity contribution in [1.82, 2.24) is 0 Å². The molecule has 0 heterocycles. The second-order valence-electron chi connectivity index (χ2n) is 4.86. The van der Waals surface area contributed by atoms with Crippen LogP contribution in [0.15, 0.2) is 81.9 Å². The van der Waals surface area contributed by atoms with Gasteiger partial charge in [0.2, 0.25) is 0 Å². The van der Waals surface area contributed by atoms with Gasteiger partial charge in [-0.25, -0.2) is 12.4 Å². The van der Waals surface area contributed by atoms with E-state index in [0.717, 1.165) is 0 Å². The maximum Gasteiger partial charge on any atom is 0.524 e. The predicted octanol–water partition coefficient (Wildman–Crippen LogP) is 5.47. The normalized spacial score (nSPS) is 14.1. The fourth-order valence-electron chi connectivity index (χ4n) is 1.99. The average molecular weight is 412 g/mol. The molecule has 0 aromatic heterocycles. The fourth-order valence-corrected chi connectivity index (χ4v) is 6.29. The molecule has 0 aliphatic rings. The first kappa shape index (κ1) is 20.4. The van der Waals surface area contributed by atoms with Crippen molar-refractivity contribution in [2.75, 3.05) is 0 Å². The molecular formula is C16H13F5O3S2. The summed E-state index contributed by atoms with van der Waals surface area (Å²) in [7, 11) is -9.62. The monoisotopic (exact) mass is 412 g/mol. The molecule has 2 rings (SSSR count). The number of benzene rings is 2. The zero-order valence-corrected chi connectivity index (χ0v) is 14.6. The molecular weight excluding hydrogens is 399 g/mol. The van der Waals surface area contributed by atoms with Crippen LogP contribution in [0.2, 0.25) is 0 Å². The molecule has 0 unspecified atom stereocenters. The van der Waals surface area contributed by atoms with Crippen molar-refractivity contribution in [3.05, 3.63) is 72.1 Å². The number of halogens is 5. The number of rotatable bonds is 6. The summed E-state index contributed by atoms with van der Waals surface area (Å²) in [4.78, 5) is 0.0480. The second kappa shape index (κ2) is 7.77. The highest BCUT2D eigenvalue weighted by molar-refractivity contribution is 8.35. The van der Waals surface area contributed by atoms with E-state index in [9.17, 15) is 30.4 Å². The molecule has 3 nitrogen and oxygen atoms in total. The minimum absolute atomic E-state index is 0.0240. The molecule has 2 aromatic rings. The van der Waals surface area contributed by atoms with Crippen LogP contribution in [0.5, 0.6) is 0 Å². The first-order valence-electron chi connectivity index (χ1n) is 7.01. The van der Waals surface area contributed by atoms with E-state index in [0.29, 0.717) is 11.5 Å². The summed E-state index contributed by atoms with van der Waals surface area (Å²) >= 11 is 0. The maximum atomic E-state index is 12.9. The molecule has 0 atom stereocenters. The highest BCUT2D eigenvalue weighted by Crippen LogP contribution is 2.66. The summed E-state index contributed by atoms with van der Waals surface area (Å²) in [5.41, 5.74) is -5.70. The van der Waals surface area contributed by atoms with Crippen LogP contribution in [0.4, 0.5) is 22.0 Å². The lowest BCUT2D eigenvalue weighted by atomic mass is 10.4. The summed E-state index contributed by atoms with van der Waals surface area (Å²) in [6.45, 7) is 0. The number of hydrogen-bond donors (Lipinski definition) is 0. The topological polar surface area (TPSA) is 43.4 Å². The Morgan fingerprint density at radius 2 is 1.27 bits per heavy atom. The summed E-state index contributed by atoms with van der Waals surface area (Å²) in [5, 5.41) is 0.700. The van der Waals surface area contributed by atoms with Gasteiger partial charge in [0.05, 0.1) is 0 Å². The van der Waals surface area contributed by atoms with Gasteiger partial charge in [-0.1, -0.05) is 36.4 Å². The third-order valence-electron chi connectivity index (χ3n) is 3.08. The largest absolute Gasteiger partial charge is 0.524 e. The molecule has 2 aromatic carbocycles. The van der Waals surface area contributed by atoms with Gasteiger partial charge in [-0.3, -0.25) is 0 Å². The molecule has 0 amide bonds. The van der Waals surface area contributed by atoms with Gasteiger partial charge in [0, 0.05) is 9.79 Å². The highest BCUT2D eigenvalue weighted by Gasteiger charge is 2.51. The van der Waals surface area contributed by atoms with E-state index < -0.39 is 32.4 Å². The van der Waals surface area contributed by atoms with Crippen molar-refractivity contribution in [2.24, 2.45) is 0 Å². The van der Waals surface area contributed by atoms with Crippen LogP contribution in [0.25, 0.3) is 0 Å². The van der Waals surface area contributed by atoms with Crippen LogP contribution < -0.4 is 0 Å². The van der Waals surface area contributed by atoms with E-state index in [1.165, 1.54) is 48.5 Å². The first-order chi connectivity index (χ1) is 12.1. The fraction of sp³-hybridized carbons (Fsp3) is 0.125. The van der Waals surface area contributed by atoms with Crippen molar-refractivity contribution >= 4 is 20.4 Å². The minimum atomic E-state index is -6.06. The summed E-state index contributed by atoms with van der Waals surface area (Å²) < 4.78 is 92.3.